The van der Waals surface area contributed by atoms with Gasteiger partial charge in [-0.25, -0.2) is 18.4 Å². The monoisotopic (exact) mass is 297 g/mol. The number of hydrogen-bond donors (Lipinski definition) is 0. The zero-order chi connectivity index (χ0) is 14.0. The summed E-state index contributed by atoms with van der Waals surface area (Å²) in [6, 6.07) is 7.21. The number of hydrogen-bond acceptors (Lipinski definition) is 4. The van der Waals surface area contributed by atoms with Crippen LogP contribution in [0.2, 0.25) is 5.28 Å². The van der Waals surface area contributed by atoms with Gasteiger partial charge in [-0.2, -0.15) is 0 Å². The van der Waals surface area contributed by atoms with Gasteiger partial charge in [0.25, 0.3) is 10.0 Å². The van der Waals surface area contributed by atoms with Gasteiger partial charge in [0.05, 0.1) is 18.1 Å². The van der Waals surface area contributed by atoms with Gasteiger partial charge in [-0.15, -0.1) is 0 Å². The van der Waals surface area contributed by atoms with E-state index in [1.807, 2.05) is 13.0 Å². The van der Waals surface area contributed by atoms with Crippen LogP contribution < -0.4 is 4.31 Å². The highest BCUT2D eigenvalue weighted by Gasteiger charge is 2.22. The van der Waals surface area contributed by atoms with Gasteiger partial charge in [-0.1, -0.05) is 12.1 Å². The molecular formula is C12H12ClN3O2S. The molecule has 2 aromatic rings. The van der Waals surface area contributed by atoms with Crippen LogP contribution in [-0.2, 0) is 10.0 Å². The second kappa shape index (κ2) is 5.14. The molecule has 0 amide bonds. The lowest BCUT2D eigenvalue weighted by Gasteiger charge is -2.19. The van der Waals surface area contributed by atoms with E-state index in [0.29, 0.717) is 5.69 Å². The van der Waals surface area contributed by atoms with Crippen molar-refractivity contribution in [1.29, 1.82) is 0 Å². The second-order valence-electron chi connectivity index (χ2n) is 4.00. The third-order valence-electron chi connectivity index (χ3n) is 2.62. The molecule has 2 rings (SSSR count). The molecule has 0 aliphatic carbocycles. The van der Waals surface area contributed by atoms with Crippen LogP contribution in [-0.4, -0.2) is 25.4 Å². The normalized spacial score (nSPS) is 11.3. The molecule has 0 aliphatic heterocycles. The first kappa shape index (κ1) is 13.8. The molecule has 0 radical (unpaired) electrons. The van der Waals surface area contributed by atoms with Gasteiger partial charge in [0, 0.05) is 7.05 Å². The fourth-order valence-electron chi connectivity index (χ4n) is 1.55. The quantitative estimate of drug-likeness (QED) is 0.815. The Labute approximate surface area is 116 Å². The van der Waals surface area contributed by atoms with Crippen LogP contribution in [0, 0.1) is 6.92 Å². The van der Waals surface area contributed by atoms with Crippen LogP contribution in [0.25, 0.3) is 0 Å². The fraction of sp³-hybridized carbons (Fsp3) is 0.167. The summed E-state index contributed by atoms with van der Waals surface area (Å²) in [6.07, 6.45) is 2.38. The number of sulfonamides is 1. The molecule has 1 aromatic heterocycles. The van der Waals surface area contributed by atoms with E-state index >= 15 is 0 Å². The highest BCUT2D eigenvalue weighted by atomic mass is 35.5. The Morgan fingerprint density at radius 2 is 1.84 bits per heavy atom. The van der Waals surface area contributed by atoms with Crippen molar-refractivity contribution in [3.63, 3.8) is 0 Å². The number of halogens is 1. The Morgan fingerprint density at radius 1 is 1.21 bits per heavy atom. The van der Waals surface area contributed by atoms with Gasteiger partial charge in [0.2, 0.25) is 5.28 Å². The number of aromatic nitrogens is 2. The second-order valence-corrected chi connectivity index (χ2v) is 6.31. The summed E-state index contributed by atoms with van der Waals surface area (Å²) >= 11 is 5.55. The van der Waals surface area contributed by atoms with Crippen LogP contribution in [0.3, 0.4) is 0 Å². The Bertz CT molecular complexity index is 686. The van der Waals surface area contributed by atoms with E-state index in [1.54, 1.807) is 18.2 Å². The molecule has 5 nitrogen and oxygen atoms in total. The maximum Gasteiger partial charge on any atom is 0.267 e. The Balaban J connectivity index is 2.42. The molecule has 0 saturated heterocycles. The zero-order valence-corrected chi connectivity index (χ0v) is 12.0. The summed E-state index contributed by atoms with van der Waals surface area (Å²) in [6.45, 7) is 1.90. The molecule has 0 N–H and O–H groups in total. The molecule has 0 fully saturated rings. The summed E-state index contributed by atoms with van der Waals surface area (Å²) in [4.78, 5) is 7.38. The molecule has 1 heterocycles. The van der Waals surface area contributed by atoms with Crippen molar-refractivity contribution in [3.05, 3.63) is 47.5 Å². The topological polar surface area (TPSA) is 63.2 Å². The summed E-state index contributed by atoms with van der Waals surface area (Å²) < 4.78 is 25.9. The number of anilines is 1. The Kier molecular flexibility index (Phi) is 3.73. The molecule has 7 heteroatoms. The molecule has 100 valence electrons. The lowest BCUT2D eigenvalue weighted by molar-refractivity contribution is 0.593. The summed E-state index contributed by atoms with van der Waals surface area (Å²) in [7, 11) is -2.19. The van der Waals surface area contributed by atoms with Crippen LogP contribution in [0.4, 0.5) is 5.69 Å². The standard InChI is InChI=1S/C12H12ClN3O2S/c1-9-4-3-5-10(6-9)16(2)19(17,18)11-7-14-12(13)15-8-11/h3-8H,1-2H3. The zero-order valence-electron chi connectivity index (χ0n) is 10.4. The number of aryl methyl sites for hydroxylation is 1. The SMILES string of the molecule is Cc1cccc(N(C)S(=O)(=O)c2cnc(Cl)nc2)c1. The maximum atomic E-state index is 12.4. The smallest absolute Gasteiger partial charge is 0.267 e. The molecule has 0 unspecified atom stereocenters. The minimum absolute atomic E-state index is 0.000839. The summed E-state index contributed by atoms with van der Waals surface area (Å²) in [5.74, 6) is 0. The highest BCUT2D eigenvalue weighted by Crippen LogP contribution is 2.22. The lowest BCUT2D eigenvalue weighted by atomic mass is 10.2. The number of benzene rings is 1. The van der Waals surface area contributed by atoms with E-state index in [1.165, 1.54) is 23.7 Å². The van der Waals surface area contributed by atoms with Crippen molar-refractivity contribution in [2.24, 2.45) is 0 Å². The summed E-state index contributed by atoms with van der Waals surface area (Å²) in [5, 5.41) is 0.0113. The predicted molar refractivity (Wildman–Crippen MR) is 73.8 cm³/mol. The van der Waals surface area contributed by atoms with Crippen molar-refractivity contribution in [2.75, 3.05) is 11.4 Å². The maximum absolute atomic E-state index is 12.4. The number of rotatable bonds is 3. The van der Waals surface area contributed by atoms with Crippen LogP contribution >= 0.6 is 11.6 Å². The first-order chi connectivity index (χ1) is 8.91. The van der Waals surface area contributed by atoms with E-state index < -0.39 is 10.0 Å². The molecule has 0 spiro atoms. The fourth-order valence-corrected chi connectivity index (χ4v) is 2.73. The minimum Gasteiger partial charge on any atom is -0.269 e. The lowest BCUT2D eigenvalue weighted by Crippen LogP contribution is -2.26. The van der Waals surface area contributed by atoms with Crippen molar-refractivity contribution in [2.45, 2.75) is 11.8 Å². The average molecular weight is 298 g/mol. The van der Waals surface area contributed by atoms with E-state index in [9.17, 15) is 8.42 Å². The van der Waals surface area contributed by atoms with E-state index in [-0.39, 0.29) is 10.2 Å². The largest absolute Gasteiger partial charge is 0.269 e. The van der Waals surface area contributed by atoms with Crippen LogP contribution in [0.15, 0.2) is 41.6 Å². The molecule has 0 saturated carbocycles. The molecular weight excluding hydrogens is 286 g/mol. The van der Waals surface area contributed by atoms with Gasteiger partial charge in [0.1, 0.15) is 4.90 Å². The van der Waals surface area contributed by atoms with Crippen molar-refractivity contribution in [3.8, 4) is 0 Å². The first-order valence-electron chi connectivity index (χ1n) is 5.44. The third kappa shape index (κ3) is 2.85. The Hall–Kier alpha value is -1.66. The predicted octanol–water partition coefficient (Wildman–Crippen LogP) is 2.26. The number of nitrogens with zero attached hydrogens (tertiary/aromatic N) is 3. The van der Waals surface area contributed by atoms with Crippen LogP contribution in [0.1, 0.15) is 5.56 Å². The molecule has 1 aromatic carbocycles. The van der Waals surface area contributed by atoms with E-state index in [4.69, 9.17) is 11.6 Å². The molecule has 0 atom stereocenters. The van der Waals surface area contributed by atoms with E-state index in [2.05, 4.69) is 9.97 Å². The van der Waals surface area contributed by atoms with Gasteiger partial charge in [0.15, 0.2) is 0 Å². The van der Waals surface area contributed by atoms with Gasteiger partial charge in [-0.3, -0.25) is 4.31 Å². The minimum atomic E-state index is -3.68. The van der Waals surface area contributed by atoms with Gasteiger partial charge in [-0.05, 0) is 36.2 Å². The first-order valence-corrected chi connectivity index (χ1v) is 7.26. The van der Waals surface area contributed by atoms with Gasteiger partial charge >= 0.3 is 0 Å². The van der Waals surface area contributed by atoms with Crippen molar-refractivity contribution >= 4 is 27.3 Å². The van der Waals surface area contributed by atoms with Gasteiger partial charge < -0.3 is 0 Å². The Morgan fingerprint density at radius 3 is 2.42 bits per heavy atom. The highest BCUT2D eigenvalue weighted by molar-refractivity contribution is 7.92. The average Bonchev–Trinajstić information content (AvgIpc) is 2.38. The van der Waals surface area contributed by atoms with E-state index in [0.717, 1.165) is 5.56 Å². The molecule has 0 bridgehead atoms. The van der Waals surface area contributed by atoms with Crippen molar-refractivity contribution in [1.82, 2.24) is 9.97 Å². The third-order valence-corrected chi connectivity index (χ3v) is 4.55. The van der Waals surface area contributed by atoms with Crippen LogP contribution in [0.5, 0.6) is 0 Å². The van der Waals surface area contributed by atoms with Crippen molar-refractivity contribution < 1.29 is 8.42 Å². The summed E-state index contributed by atoms with van der Waals surface area (Å²) in [5.41, 5.74) is 1.56. The molecule has 19 heavy (non-hydrogen) atoms. The molecule has 0 aliphatic rings.